The first-order chi connectivity index (χ1) is 8.98. The molecule has 1 atom stereocenters. The van der Waals surface area contributed by atoms with Crippen LogP contribution in [0, 0.1) is 6.92 Å². The van der Waals surface area contributed by atoms with Crippen molar-refractivity contribution in [2.45, 2.75) is 30.7 Å². The lowest BCUT2D eigenvalue weighted by atomic mass is 10.2. The van der Waals surface area contributed by atoms with Crippen LogP contribution in [0.15, 0.2) is 23.1 Å². The van der Waals surface area contributed by atoms with Crippen LogP contribution in [0.4, 0.5) is 0 Å². The molecule has 2 rings (SSSR count). The smallest absolute Gasteiger partial charge is 0.244 e. The lowest BCUT2D eigenvalue weighted by Gasteiger charge is -2.24. The summed E-state index contributed by atoms with van der Waals surface area (Å²) in [6, 6.07) is 5.15. The predicted molar refractivity (Wildman–Crippen MR) is 77.0 cm³/mol. The third-order valence-corrected chi connectivity index (χ3v) is 6.11. The van der Waals surface area contributed by atoms with E-state index in [-0.39, 0.29) is 10.9 Å². The Kier molecular flexibility index (Phi) is 4.50. The lowest BCUT2D eigenvalue weighted by Crippen LogP contribution is -2.40. The molecule has 0 bridgehead atoms. The molecule has 1 aliphatic heterocycles. The van der Waals surface area contributed by atoms with E-state index in [2.05, 4.69) is 5.32 Å². The number of halogens is 1. The van der Waals surface area contributed by atoms with E-state index in [1.165, 1.54) is 0 Å². The molecule has 0 unspecified atom stereocenters. The number of benzene rings is 1. The Labute approximate surface area is 119 Å². The number of aryl methyl sites for hydroxylation is 1. The molecular formula is C13H19ClN2O2S. The van der Waals surface area contributed by atoms with Crippen LogP contribution in [0.25, 0.3) is 0 Å². The molecule has 1 N–H and O–H groups in total. The van der Waals surface area contributed by atoms with Crippen LogP contribution in [0.1, 0.15) is 18.4 Å². The Hall–Kier alpha value is -0.620. The molecule has 1 saturated heterocycles. The molecule has 4 nitrogen and oxygen atoms in total. The van der Waals surface area contributed by atoms with E-state index in [0.29, 0.717) is 18.1 Å². The van der Waals surface area contributed by atoms with Gasteiger partial charge in [0.05, 0.1) is 5.02 Å². The zero-order chi connectivity index (χ0) is 14.0. The summed E-state index contributed by atoms with van der Waals surface area (Å²) in [5.41, 5.74) is 0.784. The molecule has 1 aliphatic rings. The van der Waals surface area contributed by atoms with Crippen molar-refractivity contribution in [1.29, 1.82) is 0 Å². The molecule has 0 saturated carbocycles. The third-order valence-electron chi connectivity index (χ3n) is 3.51. The molecule has 0 radical (unpaired) electrons. The van der Waals surface area contributed by atoms with Crippen molar-refractivity contribution in [3.05, 3.63) is 28.8 Å². The van der Waals surface area contributed by atoms with E-state index in [0.717, 1.165) is 18.4 Å². The second-order valence-electron chi connectivity index (χ2n) is 4.86. The zero-order valence-electron chi connectivity index (χ0n) is 11.2. The van der Waals surface area contributed by atoms with E-state index in [1.54, 1.807) is 16.4 Å². The minimum Gasteiger partial charge on any atom is -0.318 e. The average Bonchev–Trinajstić information content (AvgIpc) is 2.82. The van der Waals surface area contributed by atoms with E-state index in [1.807, 2.05) is 20.0 Å². The van der Waals surface area contributed by atoms with Gasteiger partial charge in [-0.25, -0.2) is 8.42 Å². The predicted octanol–water partition coefficient (Wildman–Crippen LogP) is 2.02. The topological polar surface area (TPSA) is 49.4 Å². The molecule has 0 amide bonds. The van der Waals surface area contributed by atoms with Crippen LogP contribution in [0.3, 0.4) is 0 Å². The van der Waals surface area contributed by atoms with Crippen LogP contribution in [-0.2, 0) is 10.0 Å². The van der Waals surface area contributed by atoms with Gasteiger partial charge in [-0.2, -0.15) is 4.31 Å². The quantitative estimate of drug-likeness (QED) is 0.926. The van der Waals surface area contributed by atoms with Crippen molar-refractivity contribution in [2.75, 3.05) is 20.1 Å². The summed E-state index contributed by atoms with van der Waals surface area (Å²) >= 11 is 6.16. The molecule has 106 valence electrons. The largest absolute Gasteiger partial charge is 0.318 e. The van der Waals surface area contributed by atoms with Crippen molar-refractivity contribution >= 4 is 21.6 Å². The first-order valence-corrected chi connectivity index (χ1v) is 8.22. The van der Waals surface area contributed by atoms with Gasteiger partial charge in [-0.3, -0.25) is 0 Å². The molecule has 1 aromatic rings. The van der Waals surface area contributed by atoms with Crippen LogP contribution in [0.5, 0.6) is 0 Å². The second-order valence-corrected chi connectivity index (χ2v) is 7.09. The molecule has 0 spiro atoms. The summed E-state index contributed by atoms with van der Waals surface area (Å²) in [5, 5.41) is 3.38. The summed E-state index contributed by atoms with van der Waals surface area (Å²) < 4.78 is 27.0. The molecule has 6 heteroatoms. The van der Waals surface area contributed by atoms with Crippen molar-refractivity contribution in [3.63, 3.8) is 0 Å². The standard InChI is InChI=1S/C13H19ClN2O2S/c1-10-5-3-7-12(13(10)14)19(17,18)16-8-4-6-11(16)9-15-2/h3,5,7,11,15H,4,6,8-9H2,1-2H3/t11-/m1/s1. The minimum absolute atomic E-state index is 0.0200. The Morgan fingerprint density at radius 3 is 2.89 bits per heavy atom. The average molecular weight is 303 g/mol. The third kappa shape index (κ3) is 2.79. The van der Waals surface area contributed by atoms with Crippen molar-refractivity contribution < 1.29 is 8.42 Å². The van der Waals surface area contributed by atoms with Gasteiger partial charge < -0.3 is 5.32 Å². The van der Waals surface area contributed by atoms with E-state index in [9.17, 15) is 8.42 Å². The number of rotatable bonds is 4. The fourth-order valence-corrected chi connectivity index (χ4v) is 4.76. The normalized spacial score (nSPS) is 20.9. The summed E-state index contributed by atoms with van der Waals surface area (Å²) in [6.45, 7) is 3.05. The first kappa shape index (κ1) is 14.8. The lowest BCUT2D eigenvalue weighted by molar-refractivity contribution is 0.379. The second kappa shape index (κ2) is 5.79. The molecule has 19 heavy (non-hydrogen) atoms. The van der Waals surface area contributed by atoms with Crippen molar-refractivity contribution in [1.82, 2.24) is 9.62 Å². The molecule has 0 aliphatic carbocycles. The van der Waals surface area contributed by atoms with Crippen LogP contribution in [-0.4, -0.2) is 38.9 Å². The van der Waals surface area contributed by atoms with E-state index in [4.69, 9.17) is 11.6 Å². The molecule has 1 aromatic carbocycles. The van der Waals surface area contributed by atoms with E-state index < -0.39 is 10.0 Å². The molecule has 0 aromatic heterocycles. The Balaban J connectivity index is 2.39. The number of nitrogens with zero attached hydrogens (tertiary/aromatic N) is 1. The highest BCUT2D eigenvalue weighted by Crippen LogP contribution is 2.31. The Morgan fingerprint density at radius 1 is 1.47 bits per heavy atom. The number of sulfonamides is 1. The van der Waals surface area contributed by atoms with Gasteiger partial charge >= 0.3 is 0 Å². The van der Waals surface area contributed by atoms with E-state index >= 15 is 0 Å². The van der Waals surface area contributed by atoms with Gasteiger partial charge in [-0.1, -0.05) is 23.7 Å². The molecular weight excluding hydrogens is 284 g/mol. The Morgan fingerprint density at radius 2 is 2.21 bits per heavy atom. The monoisotopic (exact) mass is 302 g/mol. The molecule has 1 fully saturated rings. The fourth-order valence-electron chi connectivity index (χ4n) is 2.51. The van der Waals surface area contributed by atoms with Gasteiger partial charge in [0, 0.05) is 19.1 Å². The first-order valence-electron chi connectivity index (χ1n) is 6.40. The number of likely N-dealkylation sites (N-methyl/N-ethyl adjacent to an activating group) is 1. The SMILES string of the molecule is CNC[C@H]1CCCN1S(=O)(=O)c1cccc(C)c1Cl. The summed E-state index contributed by atoms with van der Waals surface area (Å²) in [7, 11) is -1.67. The van der Waals surface area contributed by atoms with Gasteiger partial charge in [0.25, 0.3) is 0 Å². The molecule has 1 heterocycles. The van der Waals surface area contributed by atoms with Gasteiger partial charge in [0.2, 0.25) is 10.0 Å². The maximum absolute atomic E-state index is 12.7. The van der Waals surface area contributed by atoms with Gasteiger partial charge in [-0.05, 0) is 38.4 Å². The highest BCUT2D eigenvalue weighted by Gasteiger charge is 2.35. The maximum atomic E-state index is 12.7. The van der Waals surface area contributed by atoms with Gasteiger partial charge in [-0.15, -0.1) is 0 Å². The number of hydrogen-bond donors (Lipinski definition) is 1. The van der Waals surface area contributed by atoms with Crippen LogP contribution < -0.4 is 5.32 Å². The highest BCUT2D eigenvalue weighted by atomic mass is 35.5. The summed E-state index contributed by atoms with van der Waals surface area (Å²) in [5.74, 6) is 0. The fraction of sp³-hybridized carbons (Fsp3) is 0.538. The van der Waals surface area contributed by atoms with Crippen molar-refractivity contribution in [3.8, 4) is 0 Å². The minimum atomic E-state index is -3.50. The zero-order valence-corrected chi connectivity index (χ0v) is 12.8. The number of hydrogen-bond acceptors (Lipinski definition) is 3. The van der Waals surface area contributed by atoms with Crippen molar-refractivity contribution in [2.24, 2.45) is 0 Å². The number of nitrogens with one attached hydrogen (secondary N) is 1. The summed E-state index contributed by atoms with van der Waals surface area (Å²) in [6.07, 6.45) is 1.79. The van der Waals surface area contributed by atoms with Gasteiger partial charge in [0.15, 0.2) is 0 Å². The summed E-state index contributed by atoms with van der Waals surface area (Å²) in [4.78, 5) is 0.220. The van der Waals surface area contributed by atoms with Crippen LogP contribution >= 0.6 is 11.6 Å². The van der Waals surface area contributed by atoms with Gasteiger partial charge in [0.1, 0.15) is 4.90 Å². The van der Waals surface area contributed by atoms with Crippen LogP contribution in [0.2, 0.25) is 5.02 Å². The maximum Gasteiger partial charge on any atom is 0.244 e. The Bertz CT molecular complexity index is 560. The highest BCUT2D eigenvalue weighted by molar-refractivity contribution is 7.89.